The van der Waals surface area contributed by atoms with E-state index >= 15 is 0 Å². The van der Waals surface area contributed by atoms with E-state index in [0.29, 0.717) is 24.1 Å². The molecule has 6 heteroatoms. The molecule has 0 aliphatic carbocycles. The van der Waals surface area contributed by atoms with Gasteiger partial charge in [0, 0.05) is 13.6 Å². The Bertz CT molecular complexity index is 858. The zero-order valence-electron chi connectivity index (χ0n) is 11.0. The van der Waals surface area contributed by atoms with Crippen molar-refractivity contribution in [2.75, 3.05) is 0 Å². The molecule has 0 amide bonds. The van der Waals surface area contributed by atoms with Crippen LogP contribution >= 0.6 is 0 Å². The number of benzene rings is 1. The van der Waals surface area contributed by atoms with Gasteiger partial charge in [0.2, 0.25) is 0 Å². The van der Waals surface area contributed by atoms with E-state index in [9.17, 15) is 9.59 Å². The van der Waals surface area contributed by atoms with Crippen molar-refractivity contribution in [3.63, 3.8) is 0 Å². The number of nitrogens with one attached hydrogen (secondary N) is 1. The fourth-order valence-electron chi connectivity index (χ4n) is 2.26. The van der Waals surface area contributed by atoms with Crippen molar-refractivity contribution in [2.24, 2.45) is 7.05 Å². The molecule has 20 heavy (non-hydrogen) atoms. The highest BCUT2D eigenvalue weighted by atomic mass is 16.2. The number of H-pyrrole nitrogens is 1. The van der Waals surface area contributed by atoms with Crippen LogP contribution in [0.25, 0.3) is 11.2 Å². The van der Waals surface area contributed by atoms with Gasteiger partial charge in [0.05, 0.1) is 6.33 Å². The number of rotatable bonds is 3. The Morgan fingerprint density at radius 3 is 2.70 bits per heavy atom. The van der Waals surface area contributed by atoms with E-state index in [2.05, 4.69) is 9.97 Å². The lowest BCUT2D eigenvalue weighted by Gasteiger charge is -2.08. The number of aryl methyl sites for hydroxylation is 2. The molecule has 3 rings (SSSR count). The first kappa shape index (κ1) is 12.4. The fourth-order valence-corrected chi connectivity index (χ4v) is 2.26. The van der Waals surface area contributed by atoms with Crippen LogP contribution in [0.3, 0.4) is 0 Å². The van der Waals surface area contributed by atoms with E-state index in [1.165, 1.54) is 17.9 Å². The molecule has 102 valence electrons. The molecule has 0 saturated heterocycles. The first-order valence-electron chi connectivity index (χ1n) is 6.35. The largest absolute Gasteiger partial charge is 0.339 e. The zero-order valence-corrected chi connectivity index (χ0v) is 11.0. The molecule has 0 aliphatic rings. The molecule has 1 N–H and O–H groups in total. The summed E-state index contributed by atoms with van der Waals surface area (Å²) in [5, 5.41) is 0. The van der Waals surface area contributed by atoms with Gasteiger partial charge in [-0.05, 0) is 12.0 Å². The van der Waals surface area contributed by atoms with Gasteiger partial charge in [0.25, 0.3) is 5.56 Å². The summed E-state index contributed by atoms with van der Waals surface area (Å²) >= 11 is 0. The van der Waals surface area contributed by atoms with Crippen molar-refractivity contribution in [2.45, 2.75) is 13.0 Å². The molecule has 0 saturated carbocycles. The van der Waals surface area contributed by atoms with E-state index in [-0.39, 0.29) is 11.2 Å². The topological polar surface area (TPSA) is 72.7 Å². The molecule has 3 aromatic rings. The molecule has 0 spiro atoms. The number of hydrogen-bond acceptors (Lipinski definition) is 3. The minimum atomic E-state index is -0.349. The number of imidazole rings is 1. The second-order valence-corrected chi connectivity index (χ2v) is 4.64. The quantitative estimate of drug-likeness (QED) is 0.760. The van der Waals surface area contributed by atoms with Crippen LogP contribution in [-0.4, -0.2) is 19.1 Å². The van der Waals surface area contributed by atoms with Crippen LogP contribution in [0.2, 0.25) is 0 Å². The number of hydrogen-bond donors (Lipinski definition) is 1. The third-order valence-corrected chi connectivity index (χ3v) is 3.38. The van der Waals surface area contributed by atoms with Crippen molar-refractivity contribution in [3.05, 3.63) is 63.1 Å². The Hall–Kier alpha value is -2.63. The lowest BCUT2D eigenvalue weighted by Crippen LogP contribution is -2.38. The smallest absolute Gasteiger partial charge is 0.332 e. The fraction of sp³-hybridized carbons (Fsp3) is 0.214. The molecular weight excluding hydrogens is 256 g/mol. The molecule has 2 aromatic heterocycles. The summed E-state index contributed by atoms with van der Waals surface area (Å²) < 4.78 is 2.63. The summed E-state index contributed by atoms with van der Waals surface area (Å²) in [5.41, 5.74) is 1.22. The maximum absolute atomic E-state index is 12.2. The maximum Gasteiger partial charge on any atom is 0.332 e. The Labute approximate surface area is 114 Å². The summed E-state index contributed by atoms with van der Waals surface area (Å²) in [6, 6.07) is 9.89. The molecule has 0 unspecified atom stereocenters. The standard InChI is InChI=1S/C14H14N4O2/c1-17-13(19)11-12(16-9-15-11)18(14(17)20)8-7-10-5-3-2-4-6-10/h2-6,9H,7-8H2,1H3,(H,15,16). The molecule has 1 aromatic carbocycles. The van der Waals surface area contributed by atoms with Gasteiger partial charge in [-0.3, -0.25) is 13.9 Å². The number of aromatic amines is 1. The SMILES string of the molecule is Cn1c(=O)c2[nH]cnc2n(CCc2ccccc2)c1=O. The summed E-state index contributed by atoms with van der Waals surface area (Å²) in [4.78, 5) is 31.0. The van der Waals surface area contributed by atoms with Gasteiger partial charge in [-0.1, -0.05) is 30.3 Å². The van der Waals surface area contributed by atoms with Crippen LogP contribution in [-0.2, 0) is 20.0 Å². The number of aromatic nitrogens is 4. The Kier molecular flexibility index (Phi) is 2.98. The van der Waals surface area contributed by atoms with Gasteiger partial charge >= 0.3 is 5.69 Å². The minimum absolute atomic E-state index is 0.342. The normalized spacial score (nSPS) is 11.1. The van der Waals surface area contributed by atoms with E-state index in [0.717, 1.165) is 10.1 Å². The maximum atomic E-state index is 12.2. The second-order valence-electron chi connectivity index (χ2n) is 4.64. The highest BCUT2D eigenvalue weighted by molar-refractivity contribution is 5.68. The van der Waals surface area contributed by atoms with E-state index < -0.39 is 0 Å². The molecule has 0 aliphatic heterocycles. The highest BCUT2D eigenvalue weighted by Gasteiger charge is 2.12. The Morgan fingerprint density at radius 2 is 1.95 bits per heavy atom. The van der Waals surface area contributed by atoms with Crippen molar-refractivity contribution in [3.8, 4) is 0 Å². The van der Waals surface area contributed by atoms with E-state index in [1.54, 1.807) is 0 Å². The first-order valence-corrected chi connectivity index (χ1v) is 6.35. The summed E-state index contributed by atoms with van der Waals surface area (Å²) in [6.07, 6.45) is 2.14. The molecule has 0 fully saturated rings. The van der Waals surface area contributed by atoms with Gasteiger partial charge in [-0.2, -0.15) is 0 Å². The average Bonchev–Trinajstić information content (AvgIpc) is 2.95. The van der Waals surface area contributed by atoms with Crippen LogP contribution in [0.1, 0.15) is 5.56 Å². The van der Waals surface area contributed by atoms with E-state index in [4.69, 9.17) is 0 Å². The molecular formula is C14H14N4O2. The summed E-state index contributed by atoms with van der Waals surface area (Å²) in [6.45, 7) is 0.484. The summed E-state index contributed by atoms with van der Waals surface area (Å²) in [7, 11) is 1.48. The second kappa shape index (κ2) is 4.80. The van der Waals surface area contributed by atoms with Crippen molar-refractivity contribution >= 4 is 11.2 Å². The van der Waals surface area contributed by atoms with Crippen LogP contribution in [0, 0.1) is 0 Å². The molecule has 0 radical (unpaired) electrons. The zero-order chi connectivity index (χ0) is 14.1. The third-order valence-electron chi connectivity index (χ3n) is 3.38. The van der Waals surface area contributed by atoms with Gasteiger partial charge < -0.3 is 4.98 Å². The Balaban J connectivity index is 2.06. The lowest BCUT2D eigenvalue weighted by atomic mass is 10.1. The van der Waals surface area contributed by atoms with Crippen LogP contribution in [0.4, 0.5) is 0 Å². The van der Waals surface area contributed by atoms with Crippen molar-refractivity contribution in [1.82, 2.24) is 19.1 Å². The molecule has 2 heterocycles. The van der Waals surface area contributed by atoms with Crippen LogP contribution < -0.4 is 11.2 Å². The predicted molar refractivity (Wildman–Crippen MR) is 75.7 cm³/mol. The third kappa shape index (κ3) is 1.95. The summed E-state index contributed by atoms with van der Waals surface area (Å²) in [5.74, 6) is 0. The monoisotopic (exact) mass is 270 g/mol. The minimum Gasteiger partial charge on any atom is -0.339 e. The van der Waals surface area contributed by atoms with Gasteiger partial charge in [-0.15, -0.1) is 0 Å². The molecule has 0 atom stereocenters. The number of nitrogens with zero attached hydrogens (tertiary/aromatic N) is 3. The average molecular weight is 270 g/mol. The van der Waals surface area contributed by atoms with Crippen LogP contribution in [0.5, 0.6) is 0 Å². The lowest BCUT2D eigenvalue weighted by molar-refractivity contribution is 0.620. The van der Waals surface area contributed by atoms with Gasteiger partial charge in [-0.25, -0.2) is 9.78 Å². The Morgan fingerprint density at radius 1 is 1.20 bits per heavy atom. The van der Waals surface area contributed by atoms with Gasteiger partial charge in [0.1, 0.15) is 5.52 Å². The molecule has 6 nitrogen and oxygen atoms in total. The highest BCUT2D eigenvalue weighted by Crippen LogP contribution is 2.05. The molecule has 0 bridgehead atoms. The van der Waals surface area contributed by atoms with Crippen molar-refractivity contribution < 1.29 is 0 Å². The van der Waals surface area contributed by atoms with Crippen LogP contribution in [0.15, 0.2) is 46.2 Å². The van der Waals surface area contributed by atoms with Gasteiger partial charge in [0.15, 0.2) is 5.65 Å². The number of fused-ring (bicyclic) bond motifs is 1. The first-order chi connectivity index (χ1) is 9.68. The van der Waals surface area contributed by atoms with E-state index in [1.807, 2.05) is 30.3 Å². The predicted octanol–water partition coefficient (Wildman–Crippen LogP) is 0.666. The van der Waals surface area contributed by atoms with Crippen molar-refractivity contribution in [1.29, 1.82) is 0 Å².